The molecule has 6 heteroatoms. The molecule has 1 aromatic carbocycles. The highest BCUT2D eigenvalue weighted by Crippen LogP contribution is 2.27. The summed E-state index contributed by atoms with van der Waals surface area (Å²) in [6.45, 7) is -0.178. The molecular formula is C11H15BrF2N2O. The second kappa shape index (κ2) is 6.88. The van der Waals surface area contributed by atoms with Gasteiger partial charge in [0.05, 0.1) is 13.2 Å². The Morgan fingerprint density at radius 1 is 1.41 bits per heavy atom. The van der Waals surface area contributed by atoms with Gasteiger partial charge in [0.25, 0.3) is 6.43 Å². The lowest BCUT2D eigenvalue weighted by molar-refractivity contribution is 0.152. The maximum atomic E-state index is 12.5. The van der Waals surface area contributed by atoms with Crippen molar-refractivity contribution >= 4 is 21.6 Å². The van der Waals surface area contributed by atoms with E-state index in [9.17, 15) is 8.78 Å². The largest absolute Gasteiger partial charge is 0.395 e. The maximum Gasteiger partial charge on any atom is 0.255 e. The van der Waals surface area contributed by atoms with Crippen LogP contribution in [0.2, 0.25) is 0 Å². The molecule has 0 spiro atoms. The van der Waals surface area contributed by atoms with E-state index in [4.69, 9.17) is 10.8 Å². The molecule has 17 heavy (non-hydrogen) atoms. The third-order valence-electron chi connectivity index (χ3n) is 2.37. The van der Waals surface area contributed by atoms with Crippen molar-refractivity contribution in [1.29, 1.82) is 0 Å². The van der Waals surface area contributed by atoms with Crippen molar-refractivity contribution in [2.75, 3.05) is 24.6 Å². The predicted molar refractivity (Wildman–Crippen MR) is 67.3 cm³/mol. The highest BCUT2D eigenvalue weighted by molar-refractivity contribution is 9.10. The van der Waals surface area contributed by atoms with Crippen LogP contribution in [0.25, 0.3) is 0 Å². The highest BCUT2D eigenvalue weighted by atomic mass is 79.9. The summed E-state index contributed by atoms with van der Waals surface area (Å²) in [5.41, 5.74) is 7.01. The van der Waals surface area contributed by atoms with Crippen molar-refractivity contribution in [3.05, 3.63) is 28.2 Å². The van der Waals surface area contributed by atoms with Crippen molar-refractivity contribution in [2.45, 2.75) is 13.0 Å². The van der Waals surface area contributed by atoms with Gasteiger partial charge in [0.15, 0.2) is 0 Å². The topological polar surface area (TPSA) is 49.5 Å². The number of alkyl halides is 2. The van der Waals surface area contributed by atoms with Crippen LogP contribution in [0.15, 0.2) is 22.7 Å². The summed E-state index contributed by atoms with van der Waals surface area (Å²) in [7, 11) is 0. The molecule has 0 saturated carbocycles. The SMILES string of the molecule is NCc1c(Br)cccc1N(CCO)CC(F)F. The number of hydrogen-bond donors (Lipinski definition) is 2. The molecular weight excluding hydrogens is 294 g/mol. The van der Waals surface area contributed by atoms with Gasteiger partial charge in [0, 0.05) is 28.8 Å². The summed E-state index contributed by atoms with van der Waals surface area (Å²) in [6.07, 6.45) is -2.45. The fourth-order valence-electron chi connectivity index (χ4n) is 1.64. The van der Waals surface area contributed by atoms with Crippen LogP contribution in [-0.2, 0) is 6.54 Å². The average Bonchev–Trinajstić information content (AvgIpc) is 2.27. The van der Waals surface area contributed by atoms with Crippen molar-refractivity contribution in [3.63, 3.8) is 0 Å². The molecule has 1 rings (SSSR count). The van der Waals surface area contributed by atoms with Gasteiger partial charge in [0.1, 0.15) is 0 Å². The molecule has 0 radical (unpaired) electrons. The molecule has 0 aliphatic heterocycles. The number of benzene rings is 1. The van der Waals surface area contributed by atoms with Crippen LogP contribution in [0.5, 0.6) is 0 Å². The zero-order valence-corrected chi connectivity index (χ0v) is 10.8. The molecule has 0 unspecified atom stereocenters. The summed E-state index contributed by atoms with van der Waals surface area (Å²) in [5.74, 6) is 0. The number of aliphatic hydroxyl groups excluding tert-OH is 1. The Bertz CT molecular complexity index is 363. The quantitative estimate of drug-likeness (QED) is 0.845. The van der Waals surface area contributed by atoms with Crippen molar-refractivity contribution in [1.82, 2.24) is 0 Å². The zero-order chi connectivity index (χ0) is 12.8. The molecule has 0 fully saturated rings. The molecule has 3 N–H and O–H groups in total. The zero-order valence-electron chi connectivity index (χ0n) is 9.24. The normalized spacial score (nSPS) is 10.9. The monoisotopic (exact) mass is 308 g/mol. The van der Waals surface area contributed by atoms with Crippen molar-refractivity contribution in [2.24, 2.45) is 5.73 Å². The molecule has 0 aromatic heterocycles. The molecule has 0 saturated heterocycles. The van der Waals surface area contributed by atoms with E-state index >= 15 is 0 Å². The van der Waals surface area contributed by atoms with Gasteiger partial charge in [-0.3, -0.25) is 0 Å². The third-order valence-corrected chi connectivity index (χ3v) is 3.11. The number of aliphatic hydroxyl groups is 1. The Balaban J connectivity index is 3.04. The average molecular weight is 309 g/mol. The van der Waals surface area contributed by atoms with Crippen LogP contribution >= 0.6 is 15.9 Å². The first-order chi connectivity index (χ1) is 8.10. The van der Waals surface area contributed by atoms with E-state index in [1.54, 1.807) is 12.1 Å². The van der Waals surface area contributed by atoms with E-state index in [0.29, 0.717) is 5.69 Å². The standard InChI is InChI=1S/C11H15BrF2N2O/c12-9-2-1-3-10(8(9)6-15)16(4-5-17)7-11(13)14/h1-3,11,17H,4-7,15H2. The van der Waals surface area contributed by atoms with Gasteiger partial charge < -0.3 is 15.7 Å². The fraction of sp³-hybridized carbons (Fsp3) is 0.455. The van der Waals surface area contributed by atoms with Crippen LogP contribution in [-0.4, -0.2) is 31.2 Å². The fourth-order valence-corrected chi connectivity index (χ4v) is 2.16. The summed E-state index contributed by atoms with van der Waals surface area (Å²) in [5, 5.41) is 8.91. The van der Waals surface area contributed by atoms with E-state index in [2.05, 4.69) is 15.9 Å². The molecule has 0 amide bonds. The molecule has 1 aromatic rings. The second-order valence-electron chi connectivity index (χ2n) is 3.50. The van der Waals surface area contributed by atoms with Gasteiger partial charge in [-0.05, 0) is 12.1 Å². The number of anilines is 1. The minimum absolute atomic E-state index is 0.161. The third kappa shape index (κ3) is 3.90. The van der Waals surface area contributed by atoms with Crippen LogP contribution < -0.4 is 10.6 Å². The van der Waals surface area contributed by atoms with E-state index in [0.717, 1.165) is 10.0 Å². The molecule has 0 aliphatic rings. The summed E-state index contributed by atoms with van der Waals surface area (Å²) in [6, 6.07) is 5.30. The van der Waals surface area contributed by atoms with E-state index in [1.165, 1.54) is 4.90 Å². The van der Waals surface area contributed by atoms with E-state index in [1.807, 2.05) is 6.07 Å². The Labute approximate surface area is 107 Å². The highest BCUT2D eigenvalue weighted by Gasteiger charge is 2.16. The molecule has 96 valence electrons. The number of halogens is 3. The number of rotatable bonds is 6. The van der Waals surface area contributed by atoms with E-state index in [-0.39, 0.29) is 19.7 Å². The number of nitrogens with two attached hydrogens (primary N) is 1. The Morgan fingerprint density at radius 2 is 2.12 bits per heavy atom. The first kappa shape index (κ1) is 14.3. The molecule has 0 bridgehead atoms. The lowest BCUT2D eigenvalue weighted by Gasteiger charge is -2.26. The van der Waals surface area contributed by atoms with Crippen LogP contribution in [0.3, 0.4) is 0 Å². The minimum atomic E-state index is -2.45. The van der Waals surface area contributed by atoms with Crippen LogP contribution in [0, 0.1) is 0 Å². The van der Waals surface area contributed by atoms with Crippen molar-refractivity contribution in [3.8, 4) is 0 Å². The van der Waals surface area contributed by atoms with Gasteiger partial charge in [0.2, 0.25) is 0 Å². The smallest absolute Gasteiger partial charge is 0.255 e. The predicted octanol–water partition coefficient (Wildman–Crippen LogP) is 1.97. The Morgan fingerprint density at radius 3 is 2.65 bits per heavy atom. The molecule has 0 atom stereocenters. The molecule has 0 heterocycles. The Hall–Kier alpha value is -0.720. The van der Waals surface area contributed by atoms with Crippen LogP contribution in [0.4, 0.5) is 14.5 Å². The van der Waals surface area contributed by atoms with Gasteiger partial charge >= 0.3 is 0 Å². The van der Waals surface area contributed by atoms with Gasteiger partial charge in [-0.1, -0.05) is 22.0 Å². The van der Waals surface area contributed by atoms with Gasteiger partial charge in [-0.15, -0.1) is 0 Å². The van der Waals surface area contributed by atoms with Crippen molar-refractivity contribution < 1.29 is 13.9 Å². The van der Waals surface area contributed by atoms with E-state index < -0.39 is 13.0 Å². The molecule has 3 nitrogen and oxygen atoms in total. The summed E-state index contributed by atoms with van der Waals surface area (Å²) >= 11 is 3.34. The molecule has 0 aliphatic carbocycles. The first-order valence-corrected chi connectivity index (χ1v) is 6.00. The van der Waals surface area contributed by atoms with Gasteiger partial charge in [-0.2, -0.15) is 0 Å². The van der Waals surface area contributed by atoms with Crippen LogP contribution in [0.1, 0.15) is 5.56 Å². The lowest BCUT2D eigenvalue weighted by atomic mass is 10.1. The summed E-state index contributed by atoms with van der Waals surface area (Å²) < 4.78 is 25.7. The minimum Gasteiger partial charge on any atom is -0.395 e. The maximum absolute atomic E-state index is 12.5. The number of hydrogen-bond acceptors (Lipinski definition) is 3. The first-order valence-electron chi connectivity index (χ1n) is 5.21. The lowest BCUT2D eigenvalue weighted by Crippen LogP contribution is -2.32. The number of nitrogens with zero attached hydrogens (tertiary/aromatic N) is 1. The van der Waals surface area contributed by atoms with Gasteiger partial charge in [-0.25, -0.2) is 8.78 Å². The summed E-state index contributed by atoms with van der Waals surface area (Å²) in [4.78, 5) is 1.44. The Kier molecular flexibility index (Phi) is 5.80. The second-order valence-corrected chi connectivity index (χ2v) is 4.36.